The van der Waals surface area contributed by atoms with Gasteiger partial charge in [0.25, 0.3) is 0 Å². The second-order valence-corrected chi connectivity index (χ2v) is 6.63. The number of hydrogen-bond donors (Lipinski definition) is 1. The first-order valence-electron chi connectivity index (χ1n) is 8.19. The Bertz CT molecular complexity index is 801. The van der Waals surface area contributed by atoms with Gasteiger partial charge >= 0.3 is 5.97 Å². The molecule has 2 aromatic rings. The number of esters is 1. The fourth-order valence-electron chi connectivity index (χ4n) is 2.63. The van der Waals surface area contributed by atoms with Crippen LogP contribution in [0.5, 0.6) is 0 Å². The molecule has 1 atom stereocenters. The number of hydrogen-bond acceptors (Lipinski definition) is 5. The van der Waals surface area contributed by atoms with E-state index in [0.717, 1.165) is 16.4 Å². The predicted molar refractivity (Wildman–Crippen MR) is 104 cm³/mol. The lowest BCUT2D eigenvalue weighted by Gasteiger charge is -2.25. The van der Waals surface area contributed by atoms with Crippen molar-refractivity contribution in [1.82, 2.24) is 0 Å². The van der Waals surface area contributed by atoms with E-state index in [4.69, 9.17) is 4.74 Å². The molecular formula is C20H20N2O2S. The van der Waals surface area contributed by atoms with Gasteiger partial charge in [-0.3, -0.25) is 0 Å². The molecule has 1 aliphatic rings. The third-order valence-electron chi connectivity index (χ3n) is 3.77. The molecule has 0 spiro atoms. The molecule has 0 aliphatic carbocycles. The van der Waals surface area contributed by atoms with Crippen molar-refractivity contribution in [3.05, 3.63) is 77.5 Å². The highest BCUT2D eigenvalue weighted by atomic mass is 32.2. The largest absolute Gasteiger partial charge is 0.463 e. The molecule has 5 heteroatoms. The number of rotatable bonds is 4. The van der Waals surface area contributed by atoms with E-state index in [0.29, 0.717) is 17.9 Å². The number of anilines is 1. The lowest BCUT2D eigenvalue weighted by molar-refractivity contribution is -0.138. The van der Waals surface area contributed by atoms with Gasteiger partial charge in [0.1, 0.15) is 0 Å². The summed E-state index contributed by atoms with van der Waals surface area (Å²) in [6.45, 7) is 4.02. The van der Waals surface area contributed by atoms with Gasteiger partial charge in [0.05, 0.1) is 23.1 Å². The minimum atomic E-state index is -0.302. The number of carbonyl (C=O) groups is 1. The average Bonchev–Trinajstić information content (AvgIpc) is 2.63. The zero-order chi connectivity index (χ0) is 17.6. The Morgan fingerprint density at radius 3 is 2.40 bits per heavy atom. The minimum absolute atomic E-state index is 0.149. The smallest absolute Gasteiger partial charge is 0.337 e. The summed E-state index contributed by atoms with van der Waals surface area (Å²) in [5.41, 5.74) is 3.31. The molecule has 1 heterocycles. The first-order chi connectivity index (χ1) is 12.2. The summed E-state index contributed by atoms with van der Waals surface area (Å²) in [5.74, 6) is -0.302. The molecule has 1 N–H and O–H groups in total. The predicted octanol–water partition coefficient (Wildman–Crippen LogP) is 4.78. The number of aliphatic imine (C=N–C) groups is 1. The number of allylic oxidation sites excluding steroid dienone is 1. The highest BCUT2D eigenvalue weighted by Crippen LogP contribution is 2.42. The molecule has 0 bridgehead atoms. The number of para-hydroxylation sites is 1. The maximum Gasteiger partial charge on any atom is 0.337 e. The number of nitrogens with one attached hydrogen (secondary N) is 1. The second-order valence-electron chi connectivity index (χ2n) is 5.54. The monoisotopic (exact) mass is 352 g/mol. The summed E-state index contributed by atoms with van der Waals surface area (Å²) in [5, 5.41) is 3.95. The van der Waals surface area contributed by atoms with Gasteiger partial charge in [-0.1, -0.05) is 60.3 Å². The Labute approximate surface area is 152 Å². The third-order valence-corrected chi connectivity index (χ3v) is 4.93. The summed E-state index contributed by atoms with van der Waals surface area (Å²) in [4.78, 5) is 17.1. The lowest BCUT2D eigenvalue weighted by Crippen LogP contribution is -2.22. The van der Waals surface area contributed by atoms with Crippen LogP contribution in [0.25, 0.3) is 0 Å². The van der Waals surface area contributed by atoms with Crippen molar-refractivity contribution in [1.29, 1.82) is 0 Å². The van der Waals surface area contributed by atoms with Crippen LogP contribution < -0.4 is 5.32 Å². The molecule has 4 nitrogen and oxygen atoms in total. The van der Waals surface area contributed by atoms with E-state index in [1.165, 1.54) is 11.8 Å². The van der Waals surface area contributed by atoms with Gasteiger partial charge in [-0.2, -0.15) is 0 Å². The maximum absolute atomic E-state index is 12.5. The highest BCUT2D eigenvalue weighted by Gasteiger charge is 2.31. The molecule has 0 aromatic heterocycles. The minimum Gasteiger partial charge on any atom is -0.463 e. The molecule has 0 amide bonds. The molecule has 1 aliphatic heterocycles. The van der Waals surface area contributed by atoms with Crippen LogP contribution >= 0.6 is 11.8 Å². The van der Waals surface area contributed by atoms with Crippen LogP contribution in [-0.2, 0) is 9.53 Å². The number of thioether (sulfide) groups is 1. The number of carbonyl (C=O) groups excluding carboxylic acids is 1. The van der Waals surface area contributed by atoms with Crippen LogP contribution in [0.2, 0.25) is 0 Å². The normalized spacial score (nSPS) is 17.0. The van der Waals surface area contributed by atoms with Crippen molar-refractivity contribution in [2.75, 3.05) is 11.9 Å². The molecule has 2 aromatic carbocycles. The SMILES string of the molecule is CCOC(=O)C1=C(C)N=C(Nc2ccccc2)SC1c1ccccc1. The topological polar surface area (TPSA) is 50.7 Å². The van der Waals surface area contributed by atoms with Gasteiger partial charge in [0.2, 0.25) is 0 Å². The summed E-state index contributed by atoms with van der Waals surface area (Å²) >= 11 is 1.53. The van der Waals surface area contributed by atoms with Crippen LogP contribution in [0, 0.1) is 0 Å². The fourth-order valence-corrected chi connectivity index (χ4v) is 3.90. The van der Waals surface area contributed by atoms with Crippen LogP contribution in [0.1, 0.15) is 24.7 Å². The summed E-state index contributed by atoms with van der Waals surface area (Å²) < 4.78 is 5.26. The van der Waals surface area contributed by atoms with Crippen LogP contribution in [0.15, 0.2) is 76.9 Å². The van der Waals surface area contributed by atoms with E-state index < -0.39 is 0 Å². The van der Waals surface area contributed by atoms with E-state index in [2.05, 4.69) is 10.3 Å². The Morgan fingerprint density at radius 2 is 1.76 bits per heavy atom. The molecule has 3 rings (SSSR count). The Hall–Kier alpha value is -2.53. The average molecular weight is 352 g/mol. The summed E-state index contributed by atoms with van der Waals surface area (Å²) in [6.07, 6.45) is 0. The maximum atomic E-state index is 12.5. The van der Waals surface area contributed by atoms with Crippen LogP contribution in [0.4, 0.5) is 5.69 Å². The second kappa shape index (κ2) is 8.03. The Balaban J connectivity index is 1.96. The first-order valence-corrected chi connectivity index (χ1v) is 9.07. The van der Waals surface area contributed by atoms with E-state index in [1.807, 2.05) is 74.5 Å². The third kappa shape index (κ3) is 4.12. The summed E-state index contributed by atoms with van der Waals surface area (Å²) in [7, 11) is 0. The first kappa shape index (κ1) is 17.3. The molecule has 25 heavy (non-hydrogen) atoms. The zero-order valence-corrected chi connectivity index (χ0v) is 15.0. The van der Waals surface area contributed by atoms with Crippen LogP contribution in [-0.4, -0.2) is 17.7 Å². The molecule has 0 radical (unpaired) electrons. The van der Waals surface area contributed by atoms with Crippen molar-refractivity contribution < 1.29 is 9.53 Å². The summed E-state index contributed by atoms with van der Waals surface area (Å²) in [6, 6.07) is 19.8. The van der Waals surface area contributed by atoms with Crippen molar-refractivity contribution >= 4 is 28.6 Å². The van der Waals surface area contributed by atoms with Gasteiger partial charge < -0.3 is 10.1 Å². The fraction of sp³-hybridized carbons (Fsp3) is 0.200. The van der Waals surface area contributed by atoms with Crippen molar-refractivity contribution in [2.24, 2.45) is 4.99 Å². The number of benzene rings is 2. The number of nitrogens with zero attached hydrogens (tertiary/aromatic N) is 1. The Morgan fingerprint density at radius 1 is 1.12 bits per heavy atom. The number of amidine groups is 1. The van der Waals surface area contributed by atoms with Crippen LogP contribution in [0.3, 0.4) is 0 Å². The van der Waals surface area contributed by atoms with Gasteiger partial charge in [0.15, 0.2) is 5.17 Å². The molecule has 0 saturated heterocycles. The highest BCUT2D eigenvalue weighted by molar-refractivity contribution is 8.14. The Kier molecular flexibility index (Phi) is 5.56. The quantitative estimate of drug-likeness (QED) is 0.805. The van der Waals surface area contributed by atoms with Gasteiger partial charge in [-0.15, -0.1) is 0 Å². The van der Waals surface area contributed by atoms with E-state index in [-0.39, 0.29) is 11.2 Å². The number of ether oxygens (including phenoxy) is 1. The van der Waals surface area contributed by atoms with Gasteiger partial charge in [-0.25, -0.2) is 9.79 Å². The van der Waals surface area contributed by atoms with Gasteiger partial charge in [0, 0.05) is 5.69 Å². The lowest BCUT2D eigenvalue weighted by atomic mass is 10.0. The molecule has 128 valence electrons. The molecular weight excluding hydrogens is 332 g/mol. The van der Waals surface area contributed by atoms with Crippen molar-refractivity contribution in [2.45, 2.75) is 19.1 Å². The van der Waals surface area contributed by atoms with Crippen molar-refractivity contribution in [3.8, 4) is 0 Å². The van der Waals surface area contributed by atoms with E-state index >= 15 is 0 Å². The van der Waals surface area contributed by atoms with E-state index in [1.54, 1.807) is 0 Å². The molecule has 0 fully saturated rings. The van der Waals surface area contributed by atoms with Gasteiger partial charge in [-0.05, 0) is 31.5 Å². The zero-order valence-electron chi connectivity index (χ0n) is 14.2. The molecule has 0 saturated carbocycles. The van der Waals surface area contributed by atoms with E-state index in [9.17, 15) is 4.79 Å². The molecule has 1 unspecified atom stereocenters. The van der Waals surface area contributed by atoms with Crippen molar-refractivity contribution in [3.63, 3.8) is 0 Å². The standard InChI is InChI=1S/C20H20N2O2S/c1-3-24-19(23)17-14(2)21-20(22-16-12-8-5-9-13-16)25-18(17)15-10-6-4-7-11-15/h4-13,18H,3H2,1-2H3,(H,21,22).